The van der Waals surface area contributed by atoms with Gasteiger partial charge in [0, 0.05) is 6.92 Å². The Labute approximate surface area is 103 Å². The fourth-order valence-electron chi connectivity index (χ4n) is 1.23. The highest BCUT2D eigenvalue weighted by molar-refractivity contribution is 6.32. The first-order valence-electron chi connectivity index (χ1n) is 4.84. The van der Waals surface area contributed by atoms with Gasteiger partial charge in [0.05, 0.1) is 11.6 Å². The van der Waals surface area contributed by atoms with Crippen LogP contribution in [0.4, 0.5) is 0 Å². The molecule has 6 heteroatoms. The molecule has 0 spiro atoms. The van der Waals surface area contributed by atoms with Crippen molar-refractivity contribution in [3.8, 4) is 11.5 Å². The molecule has 0 fully saturated rings. The number of benzene rings is 1. The molecular formula is C11H11ClO5. The summed E-state index contributed by atoms with van der Waals surface area (Å²) < 4.78 is 10.0. The number of hydrogen-bond donors (Lipinski definition) is 1. The van der Waals surface area contributed by atoms with Gasteiger partial charge in [-0.1, -0.05) is 11.6 Å². The third-order valence-electron chi connectivity index (χ3n) is 1.83. The van der Waals surface area contributed by atoms with Gasteiger partial charge in [-0.2, -0.15) is 0 Å². The van der Waals surface area contributed by atoms with Crippen molar-refractivity contribution < 1.29 is 24.2 Å². The largest absolute Gasteiger partial charge is 0.488 e. The number of ether oxygens (including phenoxy) is 2. The van der Waals surface area contributed by atoms with E-state index in [1.54, 1.807) is 6.92 Å². The Morgan fingerprint density at radius 1 is 1.35 bits per heavy atom. The number of rotatable bonds is 4. The van der Waals surface area contributed by atoms with Crippen molar-refractivity contribution in [2.45, 2.75) is 13.8 Å². The van der Waals surface area contributed by atoms with Crippen LogP contribution in [0.15, 0.2) is 12.1 Å². The van der Waals surface area contributed by atoms with Crippen molar-refractivity contribution in [2.75, 3.05) is 6.61 Å². The molecule has 0 saturated carbocycles. The van der Waals surface area contributed by atoms with Crippen molar-refractivity contribution in [1.29, 1.82) is 0 Å². The number of carbonyl (C=O) groups excluding carboxylic acids is 1. The topological polar surface area (TPSA) is 72.8 Å². The van der Waals surface area contributed by atoms with Gasteiger partial charge >= 0.3 is 11.9 Å². The quantitative estimate of drug-likeness (QED) is 0.663. The summed E-state index contributed by atoms with van der Waals surface area (Å²) in [4.78, 5) is 21.9. The van der Waals surface area contributed by atoms with Crippen LogP contribution < -0.4 is 9.47 Å². The molecule has 0 aromatic heterocycles. The maximum absolute atomic E-state index is 11.0. The Hall–Kier alpha value is -1.75. The van der Waals surface area contributed by atoms with Crippen molar-refractivity contribution in [2.24, 2.45) is 0 Å². The summed E-state index contributed by atoms with van der Waals surface area (Å²) in [5.74, 6) is -1.97. The molecule has 0 aliphatic rings. The maximum Gasteiger partial charge on any atom is 0.339 e. The molecule has 5 nitrogen and oxygen atoms in total. The van der Waals surface area contributed by atoms with Gasteiger partial charge in [0.1, 0.15) is 5.56 Å². The van der Waals surface area contributed by atoms with E-state index in [0.717, 1.165) is 0 Å². The molecule has 0 aliphatic carbocycles. The van der Waals surface area contributed by atoms with Crippen molar-refractivity contribution in [3.63, 3.8) is 0 Å². The van der Waals surface area contributed by atoms with E-state index in [-0.39, 0.29) is 28.7 Å². The van der Waals surface area contributed by atoms with Crippen LogP contribution >= 0.6 is 11.6 Å². The van der Waals surface area contributed by atoms with E-state index >= 15 is 0 Å². The summed E-state index contributed by atoms with van der Waals surface area (Å²) in [6.45, 7) is 3.15. The Morgan fingerprint density at radius 2 is 2.00 bits per heavy atom. The lowest BCUT2D eigenvalue weighted by atomic mass is 10.2. The fourth-order valence-corrected chi connectivity index (χ4v) is 1.43. The Kier molecular flexibility index (Phi) is 4.34. The average molecular weight is 259 g/mol. The number of aromatic carboxylic acids is 1. The number of hydrogen-bond acceptors (Lipinski definition) is 4. The van der Waals surface area contributed by atoms with Gasteiger partial charge < -0.3 is 14.6 Å². The van der Waals surface area contributed by atoms with Crippen molar-refractivity contribution in [1.82, 2.24) is 0 Å². The molecule has 17 heavy (non-hydrogen) atoms. The maximum atomic E-state index is 11.0. The SMILES string of the molecule is CCOc1c(Cl)ccc(C(=O)O)c1OC(C)=O. The summed E-state index contributed by atoms with van der Waals surface area (Å²) in [7, 11) is 0. The third kappa shape index (κ3) is 3.10. The van der Waals surface area contributed by atoms with Crippen LogP contribution in [0.5, 0.6) is 11.5 Å². The lowest BCUT2D eigenvalue weighted by molar-refractivity contribution is -0.132. The molecule has 0 unspecified atom stereocenters. The highest BCUT2D eigenvalue weighted by Crippen LogP contribution is 2.38. The minimum atomic E-state index is -1.22. The highest BCUT2D eigenvalue weighted by atomic mass is 35.5. The lowest BCUT2D eigenvalue weighted by Gasteiger charge is -2.13. The fraction of sp³-hybridized carbons (Fsp3) is 0.273. The highest BCUT2D eigenvalue weighted by Gasteiger charge is 2.21. The normalized spacial score (nSPS) is 9.82. The minimum Gasteiger partial charge on any atom is -0.488 e. The molecule has 1 aromatic carbocycles. The van der Waals surface area contributed by atoms with E-state index < -0.39 is 11.9 Å². The molecule has 0 saturated heterocycles. The molecule has 0 radical (unpaired) electrons. The van der Waals surface area contributed by atoms with Crippen molar-refractivity contribution in [3.05, 3.63) is 22.7 Å². The van der Waals surface area contributed by atoms with Gasteiger partial charge in [-0.3, -0.25) is 4.79 Å². The number of halogens is 1. The predicted octanol–water partition coefficient (Wildman–Crippen LogP) is 2.36. The molecule has 0 bridgehead atoms. The number of carboxylic acid groups (broad SMARTS) is 1. The van der Waals surface area contributed by atoms with Gasteiger partial charge in [0.15, 0.2) is 11.5 Å². The number of carbonyl (C=O) groups is 2. The lowest BCUT2D eigenvalue weighted by Crippen LogP contribution is -2.09. The van der Waals surface area contributed by atoms with E-state index in [1.807, 2.05) is 0 Å². The zero-order chi connectivity index (χ0) is 13.0. The molecule has 0 amide bonds. The predicted molar refractivity (Wildman–Crippen MR) is 60.9 cm³/mol. The Bertz CT molecular complexity index is 455. The second kappa shape index (κ2) is 5.54. The molecule has 1 aromatic rings. The smallest absolute Gasteiger partial charge is 0.339 e. The Morgan fingerprint density at radius 3 is 2.47 bits per heavy atom. The van der Waals surface area contributed by atoms with E-state index in [9.17, 15) is 9.59 Å². The molecular weight excluding hydrogens is 248 g/mol. The van der Waals surface area contributed by atoms with E-state index in [4.69, 9.17) is 26.2 Å². The van der Waals surface area contributed by atoms with Crippen LogP contribution in [-0.4, -0.2) is 23.7 Å². The second-order valence-corrected chi connectivity index (χ2v) is 3.49. The minimum absolute atomic E-state index is 0.0595. The van der Waals surface area contributed by atoms with Gasteiger partial charge in [0.25, 0.3) is 0 Å². The van der Waals surface area contributed by atoms with E-state index in [1.165, 1.54) is 19.1 Å². The monoisotopic (exact) mass is 258 g/mol. The molecule has 92 valence electrons. The van der Waals surface area contributed by atoms with Crippen LogP contribution in [0, 0.1) is 0 Å². The summed E-state index contributed by atoms with van der Waals surface area (Å²) >= 11 is 5.86. The zero-order valence-electron chi connectivity index (χ0n) is 9.32. The van der Waals surface area contributed by atoms with Gasteiger partial charge in [-0.25, -0.2) is 4.79 Å². The molecule has 0 aliphatic heterocycles. The van der Waals surface area contributed by atoms with Gasteiger partial charge in [0.2, 0.25) is 0 Å². The average Bonchev–Trinajstić information content (AvgIpc) is 2.22. The molecule has 1 rings (SSSR count). The van der Waals surface area contributed by atoms with Crippen LogP contribution in [0.1, 0.15) is 24.2 Å². The van der Waals surface area contributed by atoms with Gasteiger partial charge in [-0.15, -0.1) is 0 Å². The van der Waals surface area contributed by atoms with Crippen LogP contribution in [-0.2, 0) is 4.79 Å². The van der Waals surface area contributed by atoms with Crippen LogP contribution in [0.25, 0.3) is 0 Å². The third-order valence-corrected chi connectivity index (χ3v) is 2.13. The second-order valence-electron chi connectivity index (χ2n) is 3.09. The first kappa shape index (κ1) is 13.3. The van der Waals surface area contributed by atoms with E-state index in [2.05, 4.69) is 0 Å². The zero-order valence-corrected chi connectivity index (χ0v) is 10.1. The van der Waals surface area contributed by atoms with Crippen molar-refractivity contribution >= 4 is 23.5 Å². The first-order valence-corrected chi connectivity index (χ1v) is 5.22. The molecule has 0 atom stereocenters. The summed E-state index contributed by atoms with van der Waals surface area (Å²) in [6, 6.07) is 2.63. The molecule has 1 N–H and O–H groups in total. The molecule has 0 heterocycles. The standard InChI is InChI=1S/C11H11ClO5/c1-3-16-10-8(12)5-4-7(11(14)15)9(10)17-6(2)13/h4-5H,3H2,1-2H3,(H,14,15). The number of esters is 1. The van der Waals surface area contributed by atoms with Crippen LogP contribution in [0.2, 0.25) is 5.02 Å². The summed E-state index contributed by atoms with van der Waals surface area (Å²) in [5, 5.41) is 9.16. The van der Waals surface area contributed by atoms with Gasteiger partial charge in [-0.05, 0) is 19.1 Å². The van der Waals surface area contributed by atoms with E-state index in [0.29, 0.717) is 0 Å². The Balaban J connectivity index is 3.37. The number of carboxylic acids is 1. The summed E-state index contributed by atoms with van der Waals surface area (Å²) in [5.41, 5.74) is -0.173. The summed E-state index contributed by atoms with van der Waals surface area (Å²) in [6.07, 6.45) is 0. The van der Waals surface area contributed by atoms with Crippen LogP contribution in [0.3, 0.4) is 0 Å². The first-order chi connectivity index (χ1) is 7.97.